The van der Waals surface area contributed by atoms with Gasteiger partial charge in [-0.05, 0) is 128 Å². The van der Waals surface area contributed by atoms with E-state index in [1.807, 2.05) is 0 Å². The normalized spacial score (nSPS) is 11.3. The van der Waals surface area contributed by atoms with Crippen LogP contribution in [0.3, 0.4) is 0 Å². The summed E-state index contributed by atoms with van der Waals surface area (Å²) in [6.07, 6.45) is 0. The molecule has 0 nitrogen and oxygen atoms in total. The van der Waals surface area contributed by atoms with Crippen molar-refractivity contribution in [3.63, 3.8) is 0 Å². The quantitative estimate of drug-likeness (QED) is 0.142. The van der Waals surface area contributed by atoms with Crippen molar-refractivity contribution in [1.82, 2.24) is 0 Å². The Balaban J connectivity index is 1.12. The lowest BCUT2D eigenvalue weighted by Crippen LogP contribution is -1.92. The Morgan fingerprint density at radius 3 is 1.05 bits per heavy atom. The van der Waals surface area contributed by atoms with Gasteiger partial charge < -0.3 is 0 Å². The van der Waals surface area contributed by atoms with Crippen molar-refractivity contribution < 1.29 is 0 Å². The van der Waals surface area contributed by atoms with E-state index in [0.717, 1.165) is 0 Å². The Kier molecular flexibility index (Phi) is 8.95. The summed E-state index contributed by atoms with van der Waals surface area (Å²) >= 11 is 0. The Bertz CT molecular complexity index is 3270. The molecule has 0 amide bonds. The summed E-state index contributed by atoms with van der Waals surface area (Å²) in [5.41, 5.74) is 17.1. The molecule has 0 saturated heterocycles. The first-order valence-corrected chi connectivity index (χ1v) is 20.7. The highest BCUT2D eigenvalue weighted by Gasteiger charge is 2.18. The third-order valence-corrected chi connectivity index (χ3v) is 12.1. The fourth-order valence-corrected chi connectivity index (χ4v) is 9.21. The van der Waals surface area contributed by atoms with Crippen molar-refractivity contribution in [1.29, 1.82) is 0 Å². The van der Waals surface area contributed by atoms with E-state index in [4.69, 9.17) is 0 Å². The molecule has 0 aliphatic rings. The monoisotopic (exact) mass is 760 g/mol. The van der Waals surface area contributed by atoms with Crippen molar-refractivity contribution in [3.05, 3.63) is 243 Å². The summed E-state index contributed by atoms with van der Waals surface area (Å²) in [7, 11) is 0. The number of hydrogen-bond acceptors (Lipinski definition) is 0. The van der Waals surface area contributed by atoms with Crippen LogP contribution in [0.25, 0.3) is 110 Å². The predicted molar refractivity (Wildman–Crippen MR) is 257 cm³/mol. The van der Waals surface area contributed by atoms with Gasteiger partial charge in [0.25, 0.3) is 0 Å². The molecule has 0 saturated carbocycles. The first-order chi connectivity index (χ1) is 29.8. The molecule has 0 N–H and O–H groups in total. The van der Waals surface area contributed by atoms with Crippen LogP contribution < -0.4 is 0 Å². The molecule has 0 atom stereocenters. The highest BCUT2D eigenvalue weighted by molar-refractivity contribution is 6.22. The summed E-state index contributed by atoms with van der Waals surface area (Å²) in [4.78, 5) is 0. The molecule has 0 aliphatic carbocycles. The Hall–Kier alpha value is -7.80. The molecule has 0 aromatic heterocycles. The molecular formula is C60H40. The van der Waals surface area contributed by atoms with E-state index in [0.29, 0.717) is 0 Å². The van der Waals surface area contributed by atoms with E-state index in [2.05, 4.69) is 243 Å². The maximum absolute atomic E-state index is 2.45. The van der Waals surface area contributed by atoms with Crippen LogP contribution in [-0.4, -0.2) is 0 Å². The van der Waals surface area contributed by atoms with Gasteiger partial charge in [-0.25, -0.2) is 0 Å². The smallest absolute Gasteiger partial charge is 0.00261 e. The van der Waals surface area contributed by atoms with Crippen molar-refractivity contribution in [2.45, 2.75) is 0 Å². The Morgan fingerprint density at radius 1 is 0.150 bits per heavy atom. The summed E-state index contributed by atoms with van der Waals surface area (Å²) in [5.74, 6) is 0. The standard InChI is InChI=1S/C60H40/c1-4-16-41(17-5-1)43-30-32-44(33-31-43)51-36-37-52(49-25-15-24-48(39-49)47-23-14-22-46(38-47)42-18-6-2-7-19-42)58-40-50(34-35-53(51)58)60-56-28-12-10-26-54(56)59(45-20-8-3-9-21-45)55-27-11-13-29-57(55)60/h1-40H. The highest BCUT2D eigenvalue weighted by Crippen LogP contribution is 2.46. The summed E-state index contributed by atoms with van der Waals surface area (Å²) in [5, 5.41) is 7.49. The van der Waals surface area contributed by atoms with Crippen LogP contribution in [-0.2, 0) is 0 Å². The third kappa shape index (κ3) is 6.36. The summed E-state index contributed by atoms with van der Waals surface area (Å²) in [6.45, 7) is 0. The largest absolute Gasteiger partial charge is 0.0622 e. The van der Waals surface area contributed by atoms with E-state index < -0.39 is 0 Å². The summed E-state index contributed by atoms with van der Waals surface area (Å²) < 4.78 is 0. The molecule has 0 fully saturated rings. The van der Waals surface area contributed by atoms with Gasteiger partial charge in [0.2, 0.25) is 0 Å². The first kappa shape index (κ1) is 35.4. The maximum Gasteiger partial charge on any atom is -0.00261 e. The van der Waals surface area contributed by atoms with Gasteiger partial charge in [-0.15, -0.1) is 0 Å². The van der Waals surface area contributed by atoms with Crippen LogP contribution in [0.1, 0.15) is 0 Å². The molecule has 11 rings (SSSR count). The van der Waals surface area contributed by atoms with Crippen LogP contribution in [0.2, 0.25) is 0 Å². The number of benzene rings is 11. The van der Waals surface area contributed by atoms with Crippen molar-refractivity contribution in [2.24, 2.45) is 0 Å². The van der Waals surface area contributed by atoms with Crippen LogP contribution >= 0.6 is 0 Å². The minimum atomic E-state index is 1.19. The van der Waals surface area contributed by atoms with Gasteiger partial charge in [0.15, 0.2) is 0 Å². The zero-order chi connectivity index (χ0) is 39.8. The van der Waals surface area contributed by atoms with E-state index in [-0.39, 0.29) is 0 Å². The molecule has 60 heavy (non-hydrogen) atoms. The van der Waals surface area contributed by atoms with Gasteiger partial charge in [-0.2, -0.15) is 0 Å². The second-order valence-corrected chi connectivity index (χ2v) is 15.6. The molecule has 0 heteroatoms. The molecule has 11 aromatic carbocycles. The zero-order valence-corrected chi connectivity index (χ0v) is 33.1. The van der Waals surface area contributed by atoms with Gasteiger partial charge in [-0.1, -0.05) is 224 Å². The van der Waals surface area contributed by atoms with Gasteiger partial charge in [0.1, 0.15) is 0 Å². The van der Waals surface area contributed by atoms with Gasteiger partial charge >= 0.3 is 0 Å². The molecule has 0 radical (unpaired) electrons. The summed E-state index contributed by atoms with van der Waals surface area (Å²) in [6, 6.07) is 88.8. The van der Waals surface area contributed by atoms with E-state index in [1.165, 1.54) is 110 Å². The minimum Gasteiger partial charge on any atom is -0.0622 e. The molecule has 0 heterocycles. The zero-order valence-electron chi connectivity index (χ0n) is 33.1. The van der Waals surface area contributed by atoms with Gasteiger partial charge in [-0.3, -0.25) is 0 Å². The van der Waals surface area contributed by atoms with Crippen LogP contribution in [0.4, 0.5) is 0 Å². The number of fused-ring (bicyclic) bond motifs is 3. The molecule has 0 bridgehead atoms. The third-order valence-electron chi connectivity index (χ3n) is 12.1. The molecule has 280 valence electrons. The predicted octanol–water partition coefficient (Wildman–Crippen LogP) is 16.8. The second-order valence-electron chi connectivity index (χ2n) is 15.6. The van der Waals surface area contributed by atoms with Crippen molar-refractivity contribution >= 4 is 32.3 Å². The lowest BCUT2D eigenvalue weighted by Gasteiger charge is -2.19. The first-order valence-electron chi connectivity index (χ1n) is 20.7. The average molecular weight is 761 g/mol. The van der Waals surface area contributed by atoms with Gasteiger partial charge in [0.05, 0.1) is 0 Å². The van der Waals surface area contributed by atoms with Gasteiger partial charge in [0, 0.05) is 0 Å². The fourth-order valence-electron chi connectivity index (χ4n) is 9.21. The van der Waals surface area contributed by atoms with Crippen LogP contribution in [0, 0.1) is 0 Å². The number of hydrogen-bond donors (Lipinski definition) is 0. The molecule has 0 aliphatic heterocycles. The Morgan fingerprint density at radius 2 is 0.500 bits per heavy atom. The molecule has 0 unspecified atom stereocenters. The maximum atomic E-state index is 2.45. The van der Waals surface area contributed by atoms with E-state index in [9.17, 15) is 0 Å². The van der Waals surface area contributed by atoms with Crippen LogP contribution in [0.15, 0.2) is 243 Å². The number of rotatable bonds is 7. The second kappa shape index (κ2) is 15.2. The molecule has 0 spiro atoms. The van der Waals surface area contributed by atoms with E-state index in [1.54, 1.807) is 0 Å². The average Bonchev–Trinajstić information content (AvgIpc) is 3.33. The highest BCUT2D eigenvalue weighted by atomic mass is 14.2. The molecular weight excluding hydrogens is 721 g/mol. The lowest BCUT2D eigenvalue weighted by atomic mass is 9.84. The lowest BCUT2D eigenvalue weighted by molar-refractivity contribution is 1.58. The SMILES string of the molecule is c1ccc(-c2ccc(-c3ccc(-c4cccc(-c5cccc(-c6ccccc6)c5)c4)c4cc(-c5c6ccccc6c(-c6ccccc6)c6ccccc56)ccc34)cc2)cc1. The van der Waals surface area contributed by atoms with Crippen molar-refractivity contribution in [2.75, 3.05) is 0 Å². The van der Waals surface area contributed by atoms with E-state index >= 15 is 0 Å². The Labute approximate surface area is 351 Å². The molecule has 11 aromatic rings. The fraction of sp³-hybridized carbons (Fsp3) is 0. The minimum absolute atomic E-state index is 1.19. The topological polar surface area (TPSA) is 0 Å². The van der Waals surface area contributed by atoms with Crippen LogP contribution in [0.5, 0.6) is 0 Å². The van der Waals surface area contributed by atoms with Crippen molar-refractivity contribution in [3.8, 4) is 77.9 Å².